The number of hydrogen-bond acceptors (Lipinski definition) is 0. The molecule has 0 saturated heterocycles. The zero-order chi connectivity index (χ0) is 10.8. The van der Waals surface area contributed by atoms with Gasteiger partial charge in [0.1, 0.15) is 0 Å². The predicted octanol–water partition coefficient (Wildman–Crippen LogP) is 4.04. The van der Waals surface area contributed by atoms with E-state index in [0.29, 0.717) is 5.88 Å². The standard InChI is InChI=1S/C13H14ClN/c1-9-3-5-11(6-4-9)13-7-12(8-14)10(2)15-13/h3-7,15H,8H2,1-2H3. The van der Waals surface area contributed by atoms with E-state index in [1.165, 1.54) is 16.7 Å². The zero-order valence-corrected chi connectivity index (χ0v) is 9.73. The van der Waals surface area contributed by atoms with Crippen LogP contribution in [0.2, 0.25) is 0 Å². The van der Waals surface area contributed by atoms with Crippen molar-refractivity contribution in [1.82, 2.24) is 4.98 Å². The van der Waals surface area contributed by atoms with Crippen molar-refractivity contribution in [2.24, 2.45) is 0 Å². The minimum Gasteiger partial charge on any atom is -0.358 e. The molecule has 78 valence electrons. The van der Waals surface area contributed by atoms with Crippen molar-refractivity contribution in [2.45, 2.75) is 19.7 Å². The van der Waals surface area contributed by atoms with E-state index in [0.717, 1.165) is 11.4 Å². The first-order valence-corrected chi connectivity index (χ1v) is 5.55. The fraction of sp³-hybridized carbons (Fsp3) is 0.231. The Labute approximate surface area is 95.1 Å². The van der Waals surface area contributed by atoms with Crippen LogP contribution in [0, 0.1) is 13.8 Å². The number of nitrogens with one attached hydrogen (secondary N) is 1. The number of benzene rings is 1. The van der Waals surface area contributed by atoms with Gasteiger partial charge in [-0.25, -0.2) is 0 Å². The van der Waals surface area contributed by atoms with Gasteiger partial charge >= 0.3 is 0 Å². The van der Waals surface area contributed by atoms with Crippen LogP contribution in [-0.4, -0.2) is 4.98 Å². The van der Waals surface area contributed by atoms with Crippen LogP contribution >= 0.6 is 11.6 Å². The molecule has 0 aliphatic heterocycles. The summed E-state index contributed by atoms with van der Waals surface area (Å²) in [5.41, 5.74) is 5.95. The molecule has 0 atom stereocenters. The molecule has 1 nitrogen and oxygen atoms in total. The smallest absolute Gasteiger partial charge is 0.0491 e. The molecule has 0 aliphatic carbocycles. The van der Waals surface area contributed by atoms with Crippen LogP contribution in [0.5, 0.6) is 0 Å². The highest BCUT2D eigenvalue weighted by Crippen LogP contribution is 2.22. The molecule has 0 aliphatic rings. The Hall–Kier alpha value is -1.21. The van der Waals surface area contributed by atoms with Crippen molar-refractivity contribution >= 4 is 11.6 Å². The largest absolute Gasteiger partial charge is 0.358 e. The highest BCUT2D eigenvalue weighted by Gasteiger charge is 2.04. The van der Waals surface area contributed by atoms with E-state index in [2.05, 4.69) is 49.2 Å². The van der Waals surface area contributed by atoms with Gasteiger partial charge in [0, 0.05) is 17.3 Å². The maximum Gasteiger partial charge on any atom is 0.0491 e. The van der Waals surface area contributed by atoms with Gasteiger partial charge in [0.25, 0.3) is 0 Å². The van der Waals surface area contributed by atoms with Crippen LogP contribution in [0.1, 0.15) is 16.8 Å². The maximum atomic E-state index is 5.84. The van der Waals surface area contributed by atoms with E-state index >= 15 is 0 Å². The highest BCUT2D eigenvalue weighted by molar-refractivity contribution is 6.17. The second-order valence-corrected chi connectivity index (χ2v) is 4.10. The zero-order valence-electron chi connectivity index (χ0n) is 8.97. The summed E-state index contributed by atoms with van der Waals surface area (Å²) in [4.78, 5) is 3.35. The molecule has 0 spiro atoms. The second-order valence-electron chi connectivity index (χ2n) is 3.83. The van der Waals surface area contributed by atoms with Crippen LogP contribution < -0.4 is 0 Å². The number of aromatic nitrogens is 1. The lowest BCUT2D eigenvalue weighted by molar-refractivity contribution is 1.22. The third-order valence-electron chi connectivity index (χ3n) is 2.63. The minimum atomic E-state index is 0.564. The SMILES string of the molecule is Cc1ccc(-c2cc(CCl)c(C)[nH]2)cc1. The molecule has 1 aromatic carbocycles. The van der Waals surface area contributed by atoms with Gasteiger partial charge in [0.2, 0.25) is 0 Å². The number of rotatable bonds is 2. The number of halogens is 1. The Bertz CT molecular complexity index is 454. The normalized spacial score (nSPS) is 10.6. The molecule has 0 radical (unpaired) electrons. The lowest BCUT2D eigenvalue weighted by atomic mass is 10.1. The predicted molar refractivity (Wildman–Crippen MR) is 65.3 cm³/mol. The third-order valence-corrected chi connectivity index (χ3v) is 2.92. The van der Waals surface area contributed by atoms with Crippen LogP contribution in [0.4, 0.5) is 0 Å². The molecule has 1 N–H and O–H groups in total. The van der Waals surface area contributed by atoms with Crippen molar-refractivity contribution in [3.05, 3.63) is 47.2 Å². The molecule has 2 heteroatoms. The van der Waals surface area contributed by atoms with Crippen LogP contribution in [0.25, 0.3) is 11.3 Å². The Balaban J connectivity index is 2.41. The number of H-pyrrole nitrogens is 1. The number of hydrogen-bond donors (Lipinski definition) is 1. The molecular formula is C13H14ClN. The van der Waals surface area contributed by atoms with Crippen molar-refractivity contribution in [2.75, 3.05) is 0 Å². The molecule has 15 heavy (non-hydrogen) atoms. The van der Waals surface area contributed by atoms with E-state index in [-0.39, 0.29) is 0 Å². The lowest BCUT2D eigenvalue weighted by Crippen LogP contribution is -1.78. The summed E-state index contributed by atoms with van der Waals surface area (Å²) in [5, 5.41) is 0. The molecule has 0 amide bonds. The summed E-state index contributed by atoms with van der Waals surface area (Å²) in [6, 6.07) is 10.6. The fourth-order valence-electron chi connectivity index (χ4n) is 1.63. The molecular weight excluding hydrogens is 206 g/mol. The van der Waals surface area contributed by atoms with Crippen molar-refractivity contribution in [1.29, 1.82) is 0 Å². The molecule has 0 saturated carbocycles. The van der Waals surface area contributed by atoms with Crippen LogP contribution in [-0.2, 0) is 5.88 Å². The van der Waals surface area contributed by atoms with Crippen molar-refractivity contribution in [3.8, 4) is 11.3 Å². The summed E-state index contributed by atoms with van der Waals surface area (Å²) in [6.07, 6.45) is 0. The molecule has 1 heterocycles. The number of alkyl halides is 1. The average Bonchev–Trinajstić information content (AvgIpc) is 2.61. The molecule has 0 fully saturated rings. The third kappa shape index (κ3) is 2.07. The lowest BCUT2D eigenvalue weighted by Gasteiger charge is -1.98. The summed E-state index contributed by atoms with van der Waals surface area (Å²) in [5.74, 6) is 0.564. The van der Waals surface area contributed by atoms with E-state index < -0.39 is 0 Å². The maximum absolute atomic E-state index is 5.84. The van der Waals surface area contributed by atoms with Crippen molar-refractivity contribution in [3.63, 3.8) is 0 Å². The Morgan fingerprint density at radius 3 is 2.33 bits per heavy atom. The first-order chi connectivity index (χ1) is 7.20. The summed E-state index contributed by atoms with van der Waals surface area (Å²) >= 11 is 5.84. The summed E-state index contributed by atoms with van der Waals surface area (Å²) < 4.78 is 0. The van der Waals surface area contributed by atoms with E-state index in [4.69, 9.17) is 11.6 Å². The van der Waals surface area contributed by atoms with Gasteiger partial charge in [-0.3, -0.25) is 0 Å². The molecule has 2 aromatic rings. The molecule has 2 rings (SSSR count). The van der Waals surface area contributed by atoms with Crippen LogP contribution in [0.3, 0.4) is 0 Å². The fourth-order valence-corrected chi connectivity index (χ4v) is 1.91. The van der Waals surface area contributed by atoms with Gasteiger partial charge in [-0.15, -0.1) is 11.6 Å². The van der Waals surface area contributed by atoms with Gasteiger partial charge in [-0.2, -0.15) is 0 Å². The van der Waals surface area contributed by atoms with Gasteiger partial charge < -0.3 is 4.98 Å². The van der Waals surface area contributed by atoms with Crippen LogP contribution in [0.15, 0.2) is 30.3 Å². The topological polar surface area (TPSA) is 15.8 Å². The second kappa shape index (κ2) is 4.11. The average molecular weight is 220 g/mol. The molecule has 0 unspecified atom stereocenters. The number of aryl methyl sites for hydroxylation is 2. The van der Waals surface area contributed by atoms with Gasteiger partial charge in [0.05, 0.1) is 0 Å². The Kier molecular flexibility index (Phi) is 2.83. The number of aromatic amines is 1. The van der Waals surface area contributed by atoms with Crippen molar-refractivity contribution < 1.29 is 0 Å². The Morgan fingerprint density at radius 2 is 1.80 bits per heavy atom. The highest BCUT2D eigenvalue weighted by atomic mass is 35.5. The quantitative estimate of drug-likeness (QED) is 0.734. The van der Waals surface area contributed by atoms with Gasteiger partial charge in [0.15, 0.2) is 0 Å². The first kappa shape index (κ1) is 10.3. The van der Waals surface area contributed by atoms with E-state index in [9.17, 15) is 0 Å². The first-order valence-electron chi connectivity index (χ1n) is 5.02. The minimum absolute atomic E-state index is 0.564. The van der Waals surface area contributed by atoms with Gasteiger partial charge in [-0.05, 0) is 31.0 Å². The summed E-state index contributed by atoms with van der Waals surface area (Å²) in [6.45, 7) is 4.14. The van der Waals surface area contributed by atoms with Gasteiger partial charge in [-0.1, -0.05) is 29.8 Å². The monoisotopic (exact) mass is 219 g/mol. The summed E-state index contributed by atoms with van der Waals surface area (Å²) in [7, 11) is 0. The van der Waals surface area contributed by atoms with E-state index in [1.54, 1.807) is 0 Å². The molecule has 0 bridgehead atoms. The van der Waals surface area contributed by atoms with E-state index in [1.807, 2.05) is 0 Å². The Morgan fingerprint density at radius 1 is 1.13 bits per heavy atom. The molecule has 1 aromatic heterocycles.